The Morgan fingerprint density at radius 2 is 1.28 bits per heavy atom. The lowest BCUT2D eigenvalue weighted by atomic mass is 9.80. The smallest absolute Gasteiger partial charge is 0.00747 e. The van der Waals surface area contributed by atoms with E-state index in [4.69, 9.17) is 0 Å². The Hall–Kier alpha value is -0.0400. The van der Waals surface area contributed by atoms with E-state index in [-0.39, 0.29) is 0 Å². The monoisotopic (exact) mass is 253 g/mol. The summed E-state index contributed by atoms with van der Waals surface area (Å²) in [6.07, 6.45) is 6.86. The fraction of sp³-hybridized carbons (Fsp3) is 1.00. The van der Waals surface area contributed by atoms with Crippen LogP contribution in [0.15, 0.2) is 0 Å². The SMILES string of the molecule is CC(C)CC(CC(C)C)NC1CC(C)CC(C)C1. The van der Waals surface area contributed by atoms with Gasteiger partial charge < -0.3 is 5.32 Å². The maximum absolute atomic E-state index is 3.98. The van der Waals surface area contributed by atoms with Crippen molar-refractivity contribution in [3.05, 3.63) is 0 Å². The Morgan fingerprint density at radius 1 is 0.833 bits per heavy atom. The van der Waals surface area contributed by atoms with Crippen LogP contribution in [0.1, 0.15) is 73.6 Å². The molecule has 1 saturated carbocycles. The van der Waals surface area contributed by atoms with Gasteiger partial charge in [-0.2, -0.15) is 0 Å². The summed E-state index contributed by atoms with van der Waals surface area (Å²) in [6, 6.07) is 1.50. The fourth-order valence-corrected chi connectivity index (χ4v) is 3.79. The summed E-state index contributed by atoms with van der Waals surface area (Å²) >= 11 is 0. The maximum Gasteiger partial charge on any atom is 0.00747 e. The molecule has 0 radical (unpaired) electrons. The van der Waals surface area contributed by atoms with Gasteiger partial charge in [-0.05, 0) is 55.8 Å². The van der Waals surface area contributed by atoms with E-state index in [0.717, 1.165) is 35.8 Å². The molecular weight excluding hydrogens is 218 g/mol. The van der Waals surface area contributed by atoms with Crippen LogP contribution < -0.4 is 5.32 Å². The number of rotatable bonds is 6. The first-order valence-corrected chi connectivity index (χ1v) is 8.12. The molecule has 0 bridgehead atoms. The zero-order valence-corrected chi connectivity index (χ0v) is 13.5. The van der Waals surface area contributed by atoms with Crippen LogP contribution in [0.2, 0.25) is 0 Å². The van der Waals surface area contributed by atoms with Crippen molar-refractivity contribution in [3.63, 3.8) is 0 Å². The average molecular weight is 253 g/mol. The standard InChI is InChI=1S/C17H35N/c1-12(2)7-16(8-13(3)4)18-17-10-14(5)9-15(6)11-17/h12-18H,7-11H2,1-6H3. The highest BCUT2D eigenvalue weighted by Gasteiger charge is 2.26. The molecular formula is C17H35N. The molecule has 1 aliphatic carbocycles. The molecule has 1 rings (SSSR count). The Balaban J connectivity index is 2.47. The van der Waals surface area contributed by atoms with Gasteiger partial charge in [0.05, 0.1) is 0 Å². The van der Waals surface area contributed by atoms with Gasteiger partial charge in [-0.1, -0.05) is 41.5 Å². The first kappa shape index (κ1) is 16.0. The van der Waals surface area contributed by atoms with E-state index in [2.05, 4.69) is 46.9 Å². The molecule has 0 saturated heterocycles. The van der Waals surface area contributed by atoms with Gasteiger partial charge in [0.15, 0.2) is 0 Å². The van der Waals surface area contributed by atoms with E-state index in [0.29, 0.717) is 0 Å². The summed E-state index contributed by atoms with van der Waals surface area (Å²) < 4.78 is 0. The molecule has 0 amide bonds. The van der Waals surface area contributed by atoms with E-state index < -0.39 is 0 Å². The zero-order valence-electron chi connectivity index (χ0n) is 13.5. The van der Waals surface area contributed by atoms with Crippen LogP contribution in [0.5, 0.6) is 0 Å². The molecule has 2 atom stereocenters. The molecule has 0 spiro atoms. The molecule has 0 aromatic carbocycles. The second kappa shape index (κ2) is 7.53. The first-order valence-electron chi connectivity index (χ1n) is 8.12. The molecule has 0 aromatic heterocycles. The first-order chi connectivity index (χ1) is 8.36. The van der Waals surface area contributed by atoms with Crippen LogP contribution in [-0.2, 0) is 0 Å². The van der Waals surface area contributed by atoms with Crippen LogP contribution in [0.3, 0.4) is 0 Å². The van der Waals surface area contributed by atoms with E-state index in [1.165, 1.54) is 32.1 Å². The van der Waals surface area contributed by atoms with Crippen molar-refractivity contribution < 1.29 is 0 Å². The lowest BCUT2D eigenvalue weighted by Crippen LogP contribution is -2.43. The van der Waals surface area contributed by atoms with Crippen molar-refractivity contribution >= 4 is 0 Å². The predicted molar refractivity (Wildman–Crippen MR) is 81.8 cm³/mol. The van der Waals surface area contributed by atoms with E-state index >= 15 is 0 Å². The van der Waals surface area contributed by atoms with Gasteiger partial charge in [0.1, 0.15) is 0 Å². The third-order valence-corrected chi connectivity index (χ3v) is 4.16. The third-order valence-electron chi connectivity index (χ3n) is 4.16. The van der Waals surface area contributed by atoms with Crippen molar-refractivity contribution in [2.75, 3.05) is 0 Å². The Kier molecular flexibility index (Phi) is 6.70. The molecule has 0 heterocycles. The second-order valence-corrected chi connectivity index (χ2v) is 7.74. The van der Waals surface area contributed by atoms with Crippen LogP contribution in [0.25, 0.3) is 0 Å². The maximum atomic E-state index is 3.98. The lowest BCUT2D eigenvalue weighted by Gasteiger charge is -2.35. The van der Waals surface area contributed by atoms with Crippen LogP contribution >= 0.6 is 0 Å². The molecule has 18 heavy (non-hydrogen) atoms. The molecule has 1 fully saturated rings. The summed E-state index contributed by atoms with van der Waals surface area (Å²) in [5.41, 5.74) is 0. The van der Waals surface area contributed by atoms with Crippen LogP contribution in [-0.4, -0.2) is 12.1 Å². The third kappa shape index (κ3) is 6.22. The predicted octanol–water partition coefficient (Wildman–Crippen LogP) is 4.86. The lowest BCUT2D eigenvalue weighted by molar-refractivity contribution is 0.210. The number of nitrogens with one attached hydrogen (secondary N) is 1. The quantitative estimate of drug-likeness (QED) is 0.712. The largest absolute Gasteiger partial charge is 0.311 e. The Labute approximate surface area is 115 Å². The highest BCUT2D eigenvalue weighted by Crippen LogP contribution is 2.29. The average Bonchev–Trinajstić information content (AvgIpc) is 2.12. The molecule has 0 aromatic rings. The highest BCUT2D eigenvalue weighted by atomic mass is 15.0. The van der Waals surface area contributed by atoms with Gasteiger partial charge in [0.2, 0.25) is 0 Å². The fourth-order valence-electron chi connectivity index (χ4n) is 3.79. The second-order valence-electron chi connectivity index (χ2n) is 7.74. The van der Waals surface area contributed by atoms with Gasteiger partial charge in [0.25, 0.3) is 0 Å². The van der Waals surface area contributed by atoms with Crippen molar-refractivity contribution in [2.45, 2.75) is 85.7 Å². The minimum atomic E-state index is 0.729. The summed E-state index contributed by atoms with van der Waals surface area (Å²) in [5, 5.41) is 3.98. The Bertz CT molecular complexity index is 202. The number of hydrogen-bond acceptors (Lipinski definition) is 1. The van der Waals surface area contributed by atoms with Gasteiger partial charge >= 0.3 is 0 Å². The topological polar surface area (TPSA) is 12.0 Å². The van der Waals surface area contributed by atoms with Crippen molar-refractivity contribution in [1.29, 1.82) is 0 Å². The Morgan fingerprint density at radius 3 is 1.67 bits per heavy atom. The minimum Gasteiger partial charge on any atom is -0.311 e. The molecule has 2 unspecified atom stereocenters. The summed E-state index contributed by atoms with van der Waals surface area (Å²) in [6.45, 7) is 14.2. The highest BCUT2D eigenvalue weighted by molar-refractivity contribution is 4.83. The summed E-state index contributed by atoms with van der Waals surface area (Å²) in [4.78, 5) is 0. The van der Waals surface area contributed by atoms with Crippen molar-refractivity contribution in [2.24, 2.45) is 23.7 Å². The van der Waals surface area contributed by atoms with E-state index in [1.807, 2.05) is 0 Å². The van der Waals surface area contributed by atoms with E-state index in [1.54, 1.807) is 0 Å². The molecule has 108 valence electrons. The van der Waals surface area contributed by atoms with Gasteiger partial charge in [-0.3, -0.25) is 0 Å². The minimum absolute atomic E-state index is 0.729. The van der Waals surface area contributed by atoms with Gasteiger partial charge in [-0.25, -0.2) is 0 Å². The van der Waals surface area contributed by atoms with Crippen LogP contribution in [0, 0.1) is 23.7 Å². The normalized spacial score (nSPS) is 29.5. The van der Waals surface area contributed by atoms with Crippen molar-refractivity contribution in [3.8, 4) is 0 Å². The molecule has 1 nitrogen and oxygen atoms in total. The zero-order chi connectivity index (χ0) is 13.7. The molecule has 1 aliphatic rings. The van der Waals surface area contributed by atoms with Gasteiger partial charge in [0, 0.05) is 12.1 Å². The van der Waals surface area contributed by atoms with Crippen molar-refractivity contribution in [1.82, 2.24) is 5.32 Å². The van der Waals surface area contributed by atoms with E-state index in [9.17, 15) is 0 Å². The molecule has 1 heteroatoms. The summed E-state index contributed by atoms with van der Waals surface area (Å²) in [7, 11) is 0. The molecule has 1 N–H and O–H groups in total. The van der Waals surface area contributed by atoms with Crippen LogP contribution in [0.4, 0.5) is 0 Å². The van der Waals surface area contributed by atoms with Gasteiger partial charge in [-0.15, -0.1) is 0 Å². The molecule has 0 aliphatic heterocycles. The summed E-state index contributed by atoms with van der Waals surface area (Å²) in [5.74, 6) is 3.43. The number of hydrogen-bond donors (Lipinski definition) is 1.